The third-order valence-corrected chi connectivity index (χ3v) is 4.31. The second kappa shape index (κ2) is 5.87. The van der Waals surface area contributed by atoms with Crippen molar-refractivity contribution in [3.63, 3.8) is 0 Å². The quantitative estimate of drug-likeness (QED) is 0.901. The van der Waals surface area contributed by atoms with E-state index in [1.165, 1.54) is 0 Å². The second-order valence-electron chi connectivity index (χ2n) is 5.97. The Morgan fingerprint density at radius 2 is 2.14 bits per heavy atom. The van der Waals surface area contributed by atoms with Crippen molar-refractivity contribution < 1.29 is 19.2 Å². The largest absolute Gasteiger partial charge is 0.481 e. The molecule has 1 saturated carbocycles. The number of carbonyl (C=O) groups is 2. The topological polar surface area (TPSA) is 83.6 Å². The number of hydrogen-bond donors (Lipinski definition) is 1. The molecule has 1 saturated heterocycles. The van der Waals surface area contributed by atoms with Gasteiger partial charge in [0.15, 0.2) is 5.69 Å². The molecule has 1 unspecified atom stereocenters. The van der Waals surface area contributed by atoms with E-state index in [2.05, 4.69) is 5.16 Å². The average Bonchev–Trinajstić information content (AvgIpc) is 3.22. The number of aliphatic carboxylic acids is 1. The van der Waals surface area contributed by atoms with Crippen molar-refractivity contribution in [3.8, 4) is 0 Å². The van der Waals surface area contributed by atoms with Crippen LogP contribution in [0.1, 0.15) is 67.1 Å². The van der Waals surface area contributed by atoms with Gasteiger partial charge < -0.3 is 14.5 Å². The van der Waals surface area contributed by atoms with Crippen LogP contribution in [0.4, 0.5) is 0 Å². The van der Waals surface area contributed by atoms with Crippen molar-refractivity contribution in [1.29, 1.82) is 0 Å². The van der Waals surface area contributed by atoms with E-state index in [1.807, 2.05) is 0 Å². The van der Waals surface area contributed by atoms with E-state index in [4.69, 9.17) is 9.63 Å². The number of aromatic nitrogens is 1. The van der Waals surface area contributed by atoms with Crippen LogP contribution in [-0.4, -0.2) is 39.6 Å². The Balaban J connectivity index is 1.68. The lowest BCUT2D eigenvalue weighted by Gasteiger charge is -2.35. The third-order valence-electron chi connectivity index (χ3n) is 4.31. The summed E-state index contributed by atoms with van der Waals surface area (Å²) in [5.41, 5.74) is 0.360. The fourth-order valence-electron chi connectivity index (χ4n) is 2.96. The summed E-state index contributed by atoms with van der Waals surface area (Å²) in [6, 6.07) is 1.76. The van der Waals surface area contributed by atoms with E-state index in [1.54, 1.807) is 11.0 Å². The SMILES string of the molecule is O=C(O)CCC1CCCCN1C(=O)c1cc(C2CC2)on1. The molecule has 1 aliphatic carbocycles. The molecule has 3 rings (SSSR count). The van der Waals surface area contributed by atoms with E-state index in [0.29, 0.717) is 24.6 Å². The van der Waals surface area contributed by atoms with Crippen LogP contribution in [0.15, 0.2) is 10.6 Å². The van der Waals surface area contributed by atoms with Gasteiger partial charge in [0.05, 0.1) is 0 Å². The first-order chi connectivity index (χ1) is 10.1. The molecule has 2 heterocycles. The first kappa shape index (κ1) is 14.1. The molecule has 1 atom stereocenters. The average molecular weight is 292 g/mol. The second-order valence-corrected chi connectivity index (χ2v) is 5.97. The van der Waals surface area contributed by atoms with Gasteiger partial charge in [-0.05, 0) is 38.5 Å². The van der Waals surface area contributed by atoms with E-state index in [0.717, 1.165) is 37.9 Å². The highest BCUT2D eigenvalue weighted by molar-refractivity contribution is 5.92. The van der Waals surface area contributed by atoms with Gasteiger partial charge in [-0.3, -0.25) is 9.59 Å². The summed E-state index contributed by atoms with van der Waals surface area (Å²) in [6.07, 6.45) is 5.69. The summed E-state index contributed by atoms with van der Waals surface area (Å²) in [5, 5.41) is 12.7. The number of likely N-dealkylation sites (tertiary alicyclic amines) is 1. The zero-order valence-electron chi connectivity index (χ0n) is 12.0. The van der Waals surface area contributed by atoms with Crippen molar-refractivity contribution in [2.75, 3.05) is 6.54 Å². The molecule has 1 aliphatic heterocycles. The van der Waals surface area contributed by atoms with Gasteiger partial charge in [-0.15, -0.1) is 0 Å². The van der Waals surface area contributed by atoms with Gasteiger partial charge >= 0.3 is 5.97 Å². The highest BCUT2D eigenvalue weighted by atomic mass is 16.5. The minimum absolute atomic E-state index is 0.00317. The van der Waals surface area contributed by atoms with Crippen LogP contribution in [0.3, 0.4) is 0 Å². The molecule has 2 fully saturated rings. The Kier molecular flexibility index (Phi) is 3.94. The zero-order chi connectivity index (χ0) is 14.8. The third kappa shape index (κ3) is 3.25. The van der Waals surface area contributed by atoms with Gasteiger partial charge in [0.1, 0.15) is 5.76 Å². The maximum absolute atomic E-state index is 12.6. The van der Waals surface area contributed by atoms with E-state index in [9.17, 15) is 9.59 Å². The standard InChI is InChI=1S/C15H20N2O4/c18-14(19)7-6-11-3-1-2-8-17(11)15(20)12-9-13(21-16-12)10-4-5-10/h9-11H,1-8H2,(H,18,19). The Bertz CT molecular complexity index is 536. The van der Waals surface area contributed by atoms with Gasteiger partial charge in [0, 0.05) is 31.0 Å². The lowest BCUT2D eigenvalue weighted by Crippen LogP contribution is -2.44. The minimum atomic E-state index is -0.814. The lowest BCUT2D eigenvalue weighted by atomic mass is 9.97. The van der Waals surface area contributed by atoms with E-state index >= 15 is 0 Å². The first-order valence-corrected chi connectivity index (χ1v) is 7.64. The summed E-state index contributed by atoms with van der Waals surface area (Å²) >= 11 is 0. The molecule has 6 nitrogen and oxygen atoms in total. The normalized spacial score (nSPS) is 22.3. The Hall–Kier alpha value is -1.85. The number of carboxylic acid groups (broad SMARTS) is 1. The number of rotatable bonds is 5. The molecule has 0 spiro atoms. The summed E-state index contributed by atoms with van der Waals surface area (Å²) in [7, 11) is 0. The number of piperidine rings is 1. The van der Waals surface area contributed by atoms with Gasteiger partial charge in [0.2, 0.25) is 0 Å². The summed E-state index contributed by atoms with van der Waals surface area (Å²) in [6.45, 7) is 0.675. The maximum Gasteiger partial charge on any atom is 0.303 e. The van der Waals surface area contributed by atoms with Crippen LogP contribution in [0.25, 0.3) is 0 Å². The van der Waals surface area contributed by atoms with Crippen LogP contribution in [0, 0.1) is 0 Å². The van der Waals surface area contributed by atoms with E-state index in [-0.39, 0.29) is 18.4 Å². The Morgan fingerprint density at radius 3 is 2.86 bits per heavy atom. The maximum atomic E-state index is 12.6. The molecule has 0 radical (unpaired) electrons. The number of amides is 1. The lowest BCUT2D eigenvalue weighted by molar-refractivity contribution is -0.137. The molecular formula is C15H20N2O4. The number of carboxylic acids is 1. The Labute approximate surface area is 123 Å². The molecule has 0 bridgehead atoms. The predicted molar refractivity (Wildman–Crippen MR) is 74.0 cm³/mol. The Morgan fingerprint density at radius 1 is 1.33 bits per heavy atom. The molecule has 2 aliphatic rings. The fourth-order valence-corrected chi connectivity index (χ4v) is 2.96. The highest BCUT2D eigenvalue weighted by Crippen LogP contribution is 2.40. The van der Waals surface area contributed by atoms with Gasteiger partial charge in [-0.1, -0.05) is 5.16 Å². The summed E-state index contributed by atoms with van der Waals surface area (Å²) < 4.78 is 5.24. The molecule has 6 heteroatoms. The molecule has 1 amide bonds. The van der Waals surface area contributed by atoms with Crippen LogP contribution in [0.5, 0.6) is 0 Å². The van der Waals surface area contributed by atoms with Crippen molar-refractivity contribution in [2.45, 2.75) is 56.9 Å². The number of carbonyl (C=O) groups excluding carboxylic acids is 1. The molecule has 21 heavy (non-hydrogen) atoms. The summed E-state index contributed by atoms with van der Waals surface area (Å²) in [4.78, 5) is 25.1. The van der Waals surface area contributed by atoms with Crippen LogP contribution in [-0.2, 0) is 4.79 Å². The van der Waals surface area contributed by atoms with Gasteiger partial charge in [0.25, 0.3) is 5.91 Å². The van der Waals surface area contributed by atoms with Crippen LogP contribution < -0.4 is 0 Å². The molecule has 114 valence electrons. The number of nitrogens with zero attached hydrogens (tertiary/aromatic N) is 2. The highest BCUT2D eigenvalue weighted by Gasteiger charge is 2.32. The fraction of sp³-hybridized carbons (Fsp3) is 0.667. The molecule has 1 N–H and O–H groups in total. The van der Waals surface area contributed by atoms with Crippen molar-refractivity contribution in [3.05, 3.63) is 17.5 Å². The van der Waals surface area contributed by atoms with Crippen molar-refractivity contribution >= 4 is 11.9 Å². The van der Waals surface area contributed by atoms with Gasteiger partial charge in [-0.25, -0.2) is 0 Å². The molecule has 0 aromatic carbocycles. The van der Waals surface area contributed by atoms with E-state index < -0.39 is 5.97 Å². The zero-order valence-corrected chi connectivity index (χ0v) is 12.0. The van der Waals surface area contributed by atoms with Crippen LogP contribution in [0.2, 0.25) is 0 Å². The molecular weight excluding hydrogens is 272 g/mol. The monoisotopic (exact) mass is 292 g/mol. The van der Waals surface area contributed by atoms with Crippen molar-refractivity contribution in [2.24, 2.45) is 0 Å². The first-order valence-electron chi connectivity index (χ1n) is 7.64. The van der Waals surface area contributed by atoms with Gasteiger partial charge in [-0.2, -0.15) is 0 Å². The van der Waals surface area contributed by atoms with Crippen LogP contribution >= 0.6 is 0 Å². The predicted octanol–water partition coefficient (Wildman–Crippen LogP) is 2.41. The minimum Gasteiger partial charge on any atom is -0.481 e. The summed E-state index contributed by atoms with van der Waals surface area (Å²) in [5.74, 6) is 0.298. The molecule has 1 aromatic rings. The van der Waals surface area contributed by atoms with Crippen molar-refractivity contribution in [1.82, 2.24) is 10.1 Å². The molecule has 1 aromatic heterocycles. The smallest absolute Gasteiger partial charge is 0.303 e. The number of hydrogen-bond acceptors (Lipinski definition) is 4.